The average molecular weight is 385 g/mol. The van der Waals surface area contributed by atoms with Crippen molar-refractivity contribution in [2.24, 2.45) is 0 Å². The predicted octanol–water partition coefficient (Wildman–Crippen LogP) is 3.31. The minimum atomic E-state index is -0.504. The van der Waals surface area contributed by atoms with E-state index >= 15 is 0 Å². The molecule has 0 bridgehead atoms. The lowest BCUT2D eigenvalue weighted by Crippen LogP contribution is -2.15. The fourth-order valence-corrected chi connectivity index (χ4v) is 1.53. The quantitative estimate of drug-likeness (QED) is 0.454. The summed E-state index contributed by atoms with van der Waals surface area (Å²) in [7, 11) is 0. The van der Waals surface area contributed by atoms with E-state index < -0.39 is 5.97 Å². The van der Waals surface area contributed by atoms with Crippen LogP contribution in [0.3, 0.4) is 0 Å². The largest absolute Gasteiger partial charge is 0.480 e. The number of rotatable bonds is 4. The van der Waals surface area contributed by atoms with Gasteiger partial charge in [0.15, 0.2) is 13.2 Å². The molecule has 1 aromatic carbocycles. The summed E-state index contributed by atoms with van der Waals surface area (Å²) >= 11 is 13.4. The van der Waals surface area contributed by atoms with Gasteiger partial charge in [-0.1, -0.05) is 29.1 Å². The number of benzene rings is 1. The molecule has 0 radical (unpaired) electrons. The van der Waals surface area contributed by atoms with Crippen LogP contribution in [0.15, 0.2) is 18.2 Å². The first-order chi connectivity index (χ1) is 8.13. The van der Waals surface area contributed by atoms with Crippen molar-refractivity contribution in [1.29, 1.82) is 0 Å². The molecule has 0 amide bonds. The van der Waals surface area contributed by atoms with Gasteiger partial charge in [-0.25, -0.2) is 4.79 Å². The number of carbonyl (C=O) groups excluding carboxylic acids is 1. The fraction of sp³-hybridized carbons (Fsp3) is 0.182. The maximum absolute atomic E-state index is 11.2. The van der Waals surface area contributed by atoms with Crippen LogP contribution in [0.5, 0.6) is 5.75 Å². The summed E-state index contributed by atoms with van der Waals surface area (Å²) in [5, 5.41) is 0.847. The van der Waals surface area contributed by atoms with Gasteiger partial charge >= 0.3 is 5.97 Å². The molecule has 0 saturated carbocycles. The summed E-state index contributed by atoms with van der Waals surface area (Å²) in [6.45, 7) is -0.163. The molecule has 0 fully saturated rings. The third kappa shape index (κ3) is 5.48. The van der Waals surface area contributed by atoms with Gasteiger partial charge in [-0.3, -0.25) is 0 Å². The summed E-state index contributed by atoms with van der Waals surface area (Å²) in [6, 6.07) is 4.74. The van der Waals surface area contributed by atoms with Crippen LogP contribution >= 0.6 is 45.8 Å². The molecule has 17 heavy (non-hydrogen) atoms. The Bertz CT molecular complexity index is 466. The number of halogens is 3. The lowest BCUT2D eigenvalue weighted by Gasteiger charge is -2.07. The fourth-order valence-electron chi connectivity index (χ4n) is 0.914. The van der Waals surface area contributed by atoms with Gasteiger partial charge in [0.2, 0.25) is 0 Å². The van der Waals surface area contributed by atoms with Crippen LogP contribution in [0.4, 0.5) is 0 Å². The third-order valence-corrected chi connectivity index (χ3v) is 2.52. The second-order valence-corrected chi connectivity index (χ2v) is 4.18. The number of esters is 1. The predicted molar refractivity (Wildman–Crippen MR) is 74.7 cm³/mol. The zero-order chi connectivity index (χ0) is 12.7. The van der Waals surface area contributed by atoms with Gasteiger partial charge in [0.1, 0.15) is 5.75 Å². The molecule has 0 heterocycles. The Labute approximate surface area is 123 Å². The van der Waals surface area contributed by atoms with Crippen LogP contribution in [0.25, 0.3) is 0 Å². The molecule has 0 aliphatic heterocycles. The monoisotopic (exact) mass is 384 g/mol. The lowest BCUT2D eigenvalue weighted by molar-refractivity contribution is -0.144. The zero-order valence-corrected chi connectivity index (χ0v) is 12.2. The van der Waals surface area contributed by atoms with Gasteiger partial charge in [0.25, 0.3) is 0 Å². The highest BCUT2D eigenvalue weighted by Gasteiger charge is 2.06. The third-order valence-electron chi connectivity index (χ3n) is 1.61. The van der Waals surface area contributed by atoms with Crippen molar-refractivity contribution in [3.05, 3.63) is 28.2 Å². The Morgan fingerprint density at radius 1 is 1.41 bits per heavy atom. The highest BCUT2D eigenvalue weighted by molar-refractivity contribution is 14.1. The molecule has 6 heteroatoms. The molecule has 3 nitrogen and oxygen atoms in total. The smallest absolute Gasteiger partial charge is 0.345 e. The highest BCUT2D eigenvalue weighted by atomic mass is 127. The van der Waals surface area contributed by atoms with Crippen molar-refractivity contribution >= 4 is 51.8 Å². The molecular formula is C11H7Cl2IO3. The summed E-state index contributed by atoms with van der Waals surface area (Å²) in [6.07, 6.45) is 0. The SMILES string of the molecule is O=C(COc1ccc(Cl)cc1Cl)OCC#CI. The minimum Gasteiger partial charge on any atom is -0.480 e. The maximum Gasteiger partial charge on any atom is 0.345 e. The molecule has 90 valence electrons. The molecule has 0 N–H and O–H groups in total. The molecule has 0 spiro atoms. The normalized spacial score (nSPS) is 9.12. The first kappa shape index (κ1) is 14.4. The summed E-state index contributed by atoms with van der Waals surface area (Å²) in [5.41, 5.74) is 0. The van der Waals surface area contributed by atoms with Crippen LogP contribution in [0.1, 0.15) is 0 Å². The molecule has 0 aromatic heterocycles. The first-order valence-electron chi connectivity index (χ1n) is 4.45. The van der Waals surface area contributed by atoms with E-state index in [1.807, 2.05) is 22.6 Å². The number of ether oxygens (including phenoxy) is 2. The summed E-state index contributed by atoms with van der Waals surface area (Å²) in [4.78, 5) is 11.2. The van der Waals surface area contributed by atoms with Crippen molar-refractivity contribution in [3.8, 4) is 15.6 Å². The van der Waals surface area contributed by atoms with E-state index in [9.17, 15) is 4.79 Å². The van der Waals surface area contributed by atoms with E-state index in [1.54, 1.807) is 12.1 Å². The summed E-state index contributed by atoms with van der Waals surface area (Å²) < 4.78 is 12.5. The molecule has 0 unspecified atom stereocenters. The highest BCUT2D eigenvalue weighted by Crippen LogP contribution is 2.27. The topological polar surface area (TPSA) is 35.5 Å². The van der Waals surface area contributed by atoms with Crippen molar-refractivity contribution in [2.75, 3.05) is 13.2 Å². The minimum absolute atomic E-state index is 0.0550. The number of hydrogen-bond acceptors (Lipinski definition) is 3. The molecule has 1 rings (SSSR count). The van der Waals surface area contributed by atoms with E-state index in [1.165, 1.54) is 6.07 Å². The van der Waals surface area contributed by atoms with Crippen molar-refractivity contribution < 1.29 is 14.3 Å². The van der Waals surface area contributed by atoms with Gasteiger partial charge in [-0.15, -0.1) is 0 Å². The van der Waals surface area contributed by atoms with E-state index in [-0.39, 0.29) is 13.2 Å². The first-order valence-corrected chi connectivity index (χ1v) is 6.29. The molecular weight excluding hydrogens is 378 g/mol. The van der Waals surface area contributed by atoms with Crippen molar-refractivity contribution in [2.45, 2.75) is 0 Å². The second-order valence-electron chi connectivity index (χ2n) is 2.80. The average Bonchev–Trinajstić information content (AvgIpc) is 2.28. The van der Waals surface area contributed by atoms with Gasteiger partial charge < -0.3 is 9.47 Å². The lowest BCUT2D eigenvalue weighted by atomic mass is 10.3. The maximum atomic E-state index is 11.2. The van der Waals surface area contributed by atoms with Gasteiger partial charge in [-0.05, 0) is 22.1 Å². The Kier molecular flexibility index (Phi) is 6.48. The van der Waals surface area contributed by atoms with Crippen molar-refractivity contribution in [3.63, 3.8) is 0 Å². The molecule has 0 atom stereocenters. The zero-order valence-electron chi connectivity index (χ0n) is 8.50. The standard InChI is InChI=1S/C11H7Cl2IO3/c12-8-2-3-10(9(13)6-8)17-7-11(15)16-5-1-4-14/h2-3,6H,5,7H2. The molecule has 0 aliphatic rings. The molecule has 1 aromatic rings. The van der Waals surface area contributed by atoms with Crippen LogP contribution in [0, 0.1) is 9.85 Å². The van der Waals surface area contributed by atoms with Crippen molar-refractivity contribution in [1.82, 2.24) is 0 Å². The Morgan fingerprint density at radius 2 is 2.18 bits per heavy atom. The van der Waals surface area contributed by atoms with Crippen LogP contribution in [-0.4, -0.2) is 19.2 Å². The van der Waals surface area contributed by atoms with Gasteiger partial charge in [0, 0.05) is 27.6 Å². The van der Waals surface area contributed by atoms with Crippen LogP contribution < -0.4 is 4.74 Å². The summed E-state index contributed by atoms with van der Waals surface area (Å²) in [5.74, 6) is 2.47. The molecule has 0 aliphatic carbocycles. The Balaban J connectivity index is 2.43. The number of hydrogen-bond donors (Lipinski definition) is 0. The van der Waals surface area contributed by atoms with E-state index in [2.05, 4.69) is 9.85 Å². The van der Waals surface area contributed by atoms with E-state index in [0.717, 1.165) is 0 Å². The Morgan fingerprint density at radius 3 is 2.82 bits per heavy atom. The van der Waals surface area contributed by atoms with Crippen LogP contribution in [-0.2, 0) is 9.53 Å². The number of carbonyl (C=O) groups is 1. The molecule has 0 saturated heterocycles. The van der Waals surface area contributed by atoms with Crippen LogP contribution in [0.2, 0.25) is 10.0 Å². The van der Waals surface area contributed by atoms with E-state index in [4.69, 9.17) is 32.7 Å². The Hall–Kier alpha value is -0.640. The van der Waals surface area contributed by atoms with E-state index in [0.29, 0.717) is 15.8 Å². The van der Waals surface area contributed by atoms with Gasteiger partial charge in [-0.2, -0.15) is 0 Å². The second kappa shape index (κ2) is 7.64. The van der Waals surface area contributed by atoms with Gasteiger partial charge in [0.05, 0.1) is 5.02 Å².